The second kappa shape index (κ2) is 3.62. The van der Waals surface area contributed by atoms with E-state index in [1.54, 1.807) is 13.8 Å². The Balaban J connectivity index is 2.56. The van der Waals surface area contributed by atoms with E-state index in [0.29, 0.717) is 0 Å². The van der Waals surface area contributed by atoms with Crippen LogP contribution in [0.1, 0.15) is 13.8 Å². The van der Waals surface area contributed by atoms with Crippen molar-refractivity contribution in [1.82, 2.24) is 9.97 Å². The van der Waals surface area contributed by atoms with Gasteiger partial charge in [-0.3, -0.25) is 0 Å². The van der Waals surface area contributed by atoms with Gasteiger partial charge in [0.05, 0.1) is 5.60 Å². The molecule has 1 heterocycles. The van der Waals surface area contributed by atoms with Crippen molar-refractivity contribution in [2.24, 2.45) is 0 Å². The van der Waals surface area contributed by atoms with Crippen molar-refractivity contribution in [3.8, 4) is 0 Å². The number of nitrogens with one attached hydrogen (secondary N) is 2. The van der Waals surface area contributed by atoms with Crippen molar-refractivity contribution in [3.05, 3.63) is 16.3 Å². The molecule has 0 bridgehead atoms. The molecule has 0 fully saturated rings. The van der Waals surface area contributed by atoms with Crippen LogP contribution in [0, 0.1) is 10.1 Å². The Labute approximate surface area is 80.3 Å². The molecule has 0 aliphatic rings. The van der Waals surface area contributed by atoms with Crippen LogP contribution in [-0.4, -0.2) is 32.1 Å². The molecule has 78 valence electrons. The summed E-state index contributed by atoms with van der Waals surface area (Å²) in [5.41, 5.74) is -0.887. The van der Waals surface area contributed by atoms with Crippen molar-refractivity contribution < 1.29 is 10.0 Å². The molecule has 0 saturated carbocycles. The molecule has 1 rings (SSSR count). The number of nitrogens with zero attached hydrogens (tertiary/aromatic N) is 2. The Morgan fingerprint density at radius 2 is 2.43 bits per heavy atom. The molecule has 0 atom stereocenters. The third-order valence-electron chi connectivity index (χ3n) is 1.45. The molecule has 0 aliphatic carbocycles. The van der Waals surface area contributed by atoms with Crippen LogP contribution in [0.5, 0.6) is 0 Å². The summed E-state index contributed by atoms with van der Waals surface area (Å²) in [4.78, 5) is 15.9. The smallest absolute Gasteiger partial charge is 0.342 e. The quantitative estimate of drug-likeness (QED) is 0.485. The van der Waals surface area contributed by atoms with Crippen LogP contribution in [-0.2, 0) is 0 Å². The van der Waals surface area contributed by atoms with Gasteiger partial charge in [0.1, 0.15) is 6.20 Å². The fourth-order valence-corrected chi connectivity index (χ4v) is 0.794. The minimum atomic E-state index is -0.887. The monoisotopic (exact) mass is 200 g/mol. The van der Waals surface area contributed by atoms with E-state index in [0.717, 1.165) is 6.20 Å². The average Bonchev–Trinajstić information content (AvgIpc) is 2.47. The van der Waals surface area contributed by atoms with Crippen LogP contribution in [0.25, 0.3) is 0 Å². The Morgan fingerprint density at radius 1 is 1.79 bits per heavy atom. The molecule has 0 unspecified atom stereocenters. The van der Waals surface area contributed by atoms with Gasteiger partial charge in [-0.2, -0.15) is 4.98 Å². The van der Waals surface area contributed by atoms with Crippen LogP contribution in [0.15, 0.2) is 6.20 Å². The van der Waals surface area contributed by atoms with E-state index in [4.69, 9.17) is 0 Å². The summed E-state index contributed by atoms with van der Waals surface area (Å²) in [6.07, 6.45) is 1.12. The predicted molar refractivity (Wildman–Crippen MR) is 50.0 cm³/mol. The van der Waals surface area contributed by atoms with E-state index < -0.39 is 10.5 Å². The van der Waals surface area contributed by atoms with E-state index in [2.05, 4.69) is 15.3 Å². The Bertz CT molecular complexity index is 328. The zero-order valence-electron chi connectivity index (χ0n) is 7.94. The molecule has 0 spiro atoms. The van der Waals surface area contributed by atoms with Crippen LogP contribution in [0.2, 0.25) is 0 Å². The fourth-order valence-electron chi connectivity index (χ4n) is 0.794. The third-order valence-corrected chi connectivity index (χ3v) is 1.45. The standard InChI is InChI=1S/C7H12N4O3/c1-7(2,12)4-9-6-8-3-5(10-6)11(13)14/h3,12H,4H2,1-2H3,(H2,8,9,10). The summed E-state index contributed by atoms with van der Waals surface area (Å²) >= 11 is 0. The van der Waals surface area contributed by atoms with Gasteiger partial charge in [-0.25, -0.2) is 4.98 Å². The topological polar surface area (TPSA) is 104 Å². The SMILES string of the molecule is CC(C)(O)CNc1ncc([N+](=O)[O-])[nH]1. The van der Waals surface area contributed by atoms with Crippen LogP contribution >= 0.6 is 0 Å². The lowest BCUT2D eigenvalue weighted by molar-refractivity contribution is -0.389. The zero-order chi connectivity index (χ0) is 10.8. The van der Waals surface area contributed by atoms with Crippen molar-refractivity contribution in [3.63, 3.8) is 0 Å². The highest BCUT2D eigenvalue weighted by Gasteiger charge is 2.15. The third kappa shape index (κ3) is 3.02. The van der Waals surface area contributed by atoms with Crippen molar-refractivity contribution >= 4 is 11.8 Å². The minimum absolute atomic E-state index is 0.178. The molecule has 14 heavy (non-hydrogen) atoms. The maximum absolute atomic E-state index is 10.3. The molecule has 7 heteroatoms. The second-order valence-corrected chi connectivity index (χ2v) is 3.54. The lowest BCUT2D eigenvalue weighted by Crippen LogP contribution is -2.29. The number of rotatable bonds is 4. The number of hydrogen-bond donors (Lipinski definition) is 3. The number of hydrogen-bond acceptors (Lipinski definition) is 5. The Morgan fingerprint density at radius 3 is 2.86 bits per heavy atom. The molecular formula is C7H12N4O3. The lowest BCUT2D eigenvalue weighted by atomic mass is 10.1. The number of anilines is 1. The van der Waals surface area contributed by atoms with Gasteiger partial charge in [-0.15, -0.1) is 0 Å². The van der Waals surface area contributed by atoms with Crippen molar-refractivity contribution in [2.45, 2.75) is 19.4 Å². The number of aliphatic hydroxyl groups is 1. The van der Waals surface area contributed by atoms with Gasteiger partial charge < -0.3 is 20.5 Å². The molecule has 3 N–H and O–H groups in total. The highest BCUT2D eigenvalue weighted by molar-refractivity contribution is 5.32. The van der Waals surface area contributed by atoms with Gasteiger partial charge >= 0.3 is 5.82 Å². The molecule has 0 radical (unpaired) electrons. The number of aromatic nitrogens is 2. The summed E-state index contributed by atoms with van der Waals surface area (Å²) in [7, 11) is 0. The first kappa shape index (κ1) is 10.5. The highest BCUT2D eigenvalue weighted by Crippen LogP contribution is 2.10. The molecule has 0 aliphatic heterocycles. The fraction of sp³-hybridized carbons (Fsp3) is 0.571. The predicted octanol–water partition coefficient (Wildman–Crippen LogP) is 0.501. The van der Waals surface area contributed by atoms with E-state index in [1.165, 1.54) is 0 Å². The van der Waals surface area contributed by atoms with Crippen molar-refractivity contribution in [1.29, 1.82) is 0 Å². The second-order valence-electron chi connectivity index (χ2n) is 3.54. The average molecular weight is 200 g/mol. The molecule has 1 aromatic rings. The maximum Gasteiger partial charge on any atom is 0.342 e. The molecule has 0 aromatic carbocycles. The van der Waals surface area contributed by atoms with Crippen LogP contribution < -0.4 is 5.32 Å². The largest absolute Gasteiger partial charge is 0.389 e. The van der Waals surface area contributed by atoms with Gasteiger partial charge in [-0.05, 0) is 18.8 Å². The molecule has 7 nitrogen and oxygen atoms in total. The van der Waals surface area contributed by atoms with E-state index in [9.17, 15) is 15.2 Å². The van der Waals surface area contributed by atoms with Gasteiger partial charge in [0.15, 0.2) is 0 Å². The summed E-state index contributed by atoms with van der Waals surface area (Å²) < 4.78 is 0. The van der Waals surface area contributed by atoms with Crippen molar-refractivity contribution in [2.75, 3.05) is 11.9 Å². The molecular weight excluding hydrogens is 188 g/mol. The van der Waals surface area contributed by atoms with Crippen LogP contribution in [0.3, 0.4) is 0 Å². The number of H-pyrrole nitrogens is 1. The molecule has 0 saturated heterocycles. The summed E-state index contributed by atoms with van der Waals surface area (Å²) in [6.45, 7) is 3.51. The first-order valence-corrected chi connectivity index (χ1v) is 4.04. The Kier molecular flexibility index (Phi) is 2.70. The number of imidazole rings is 1. The number of nitro groups is 1. The first-order valence-electron chi connectivity index (χ1n) is 4.04. The van der Waals surface area contributed by atoms with E-state index in [1.807, 2.05) is 0 Å². The van der Waals surface area contributed by atoms with Gasteiger partial charge in [0.25, 0.3) is 5.95 Å². The highest BCUT2D eigenvalue weighted by atomic mass is 16.6. The van der Waals surface area contributed by atoms with Gasteiger partial charge in [0.2, 0.25) is 0 Å². The summed E-state index contributed by atoms with van der Waals surface area (Å²) in [6, 6.07) is 0. The summed E-state index contributed by atoms with van der Waals surface area (Å²) in [5.74, 6) is 0.0991. The minimum Gasteiger partial charge on any atom is -0.389 e. The zero-order valence-corrected chi connectivity index (χ0v) is 7.94. The first-order chi connectivity index (χ1) is 6.38. The normalized spacial score (nSPS) is 11.4. The van der Waals surface area contributed by atoms with Gasteiger partial charge in [0, 0.05) is 6.54 Å². The van der Waals surface area contributed by atoms with E-state index in [-0.39, 0.29) is 18.3 Å². The summed E-state index contributed by atoms with van der Waals surface area (Å²) in [5, 5.41) is 22.4. The molecule has 1 aromatic heterocycles. The van der Waals surface area contributed by atoms with Gasteiger partial charge in [-0.1, -0.05) is 0 Å². The number of aromatic amines is 1. The maximum atomic E-state index is 10.3. The lowest BCUT2D eigenvalue weighted by Gasteiger charge is -2.15. The van der Waals surface area contributed by atoms with Crippen LogP contribution in [0.4, 0.5) is 11.8 Å². The van der Waals surface area contributed by atoms with E-state index >= 15 is 0 Å². The Hall–Kier alpha value is -1.63. The molecule has 0 amide bonds.